The summed E-state index contributed by atoms with van der Waals surface area (Å²) in [5.74, 6) is -0.330. The number of carboxylic acids is 1. The molecule has 2 rings (SSSR count). The minimum Gasteiger partial charge on any atom is -0.477 e. The van der Waals surface area contributed by atoms with E-state index in [-0.39, 0.29) is 16.5 Å². The predicted molar refractivity (Wildman–Crippen MR) is 59.5 cm³/mol. The molecule has 0 amide bonds. The van der Waals surface area contributed by atoms with Gasteiger partial charge in [-0.15, -0.1) is 0 Å². The molecule has 1 fully saturated rings. The van der Waals surface area contributed by atoms with Gasteiger partial charge >= 0.3 is 5.97 Å². The molecule has 1 N–H and O–H groups in total. The van der Waals surface area contributed by atoms with Crippen LogP contribution in [0, 0.1) is 12.3 Å². The van der Waals surface area contributed by atoms with Crippen molar-refractivity contribution in [2.45, 2.75) is 39.5 Å². The van der Waals surface area contributed by atoms with E-state index in [1.54, 1.807) is 13.1 Å². The minimum atomic E-state index is -0.983. The molecule has 0 aliphatic heterocycles. The number of nitrogens with zero attached hydrogens (tertiary/aromatic N) is 2. The number of rotatable bonds is 2. The maximum atomic E-state index is 11.0. The van der Waals surface area contributed by atoms with Crippen molar-refractivity contribution in [2.24, 2.45) is 5.41 Å². The van der Waals surface area contributed by atoms with Crippen molar-refractivity contribution in [3.8, 4) is 0 Å². The molecule has 0 saturated heterocycles. The zero-order valence-electron chi connectivity index (χ0n) is 10.0. The third-order valence-electron chi connectivity index (χ3n) is 3.83. The Hall–Kier alpha value is -1.45. The molecule has 1 atom stereocenters. The molecule has 1 saturated carbocycles. The molecule has 16 heavy (non-hydrogen) atoms. The van der Waals surface area contributed by atoms with Crippen LogP contribution in [0.25, 0.3) is 0 Å². The molecule has 1 aromatic heterocycles. The molecule has 4 heteroatoms. The monoisotopic (exact) mass is 220 g/mol. The largest absolute Gasteiger partial charge is 0.477 e. The molecule has 0 spiro atoms. The Morgan fingerprint density at radius 3 is 2.44 bits per heavy atom. The van der Waals surface area contributed by atoms with E-state index in [0.29, 0.717) is 11.4 Å². The van der Waals surface area contributed by atoms with Gasteiger partial charge < -0.3 is 5.11 Å². The zero-order chi connectivity index (χ0) is 12.1. The summed E-state index contributed by atoms with van der Waals surface area (Å²) in [6.45, 7) is 8.10. The van der Waals surface area contributed by atoms with Crippen molar-refractivity contribution >= 4 is 5.97 Å². The summed E-state index contributed by atoms with van der Waals surface area (Å²) in [5.41, 5.74) is 0.815. The highest BCUT2D eigenvalue weighted by Gasteiger charge is 2.60. The average Bonchev–Trinajstić information content (AvgIpc) is 2.67. The Kier molecular flexibility index (Phi) is 2.09. The Bertz CT molecular complexity index is 468. The van der Waals surface area contributed by atoms with Crippen LogP contribution >= 0.6 is 0 Å². The van der Waals surface area contributed by atoms with Crippen LogP contribution in [0.2, 0.25) is 0 Å². The van der Waals surface area contributed by atoms with Crippen molar-refractivity contribution in [1.82, 2.24) is 9.97 Å². The van der Waals surface area contributed by atoms with Crippen LogP contribution in [0.5, 0.6) is 0 Å². The maximum absolute atomic E-state index is 11.0. The molecular formula is C12H16N2O2. The van der Waals surface area contributed by atoms with Gasteiger partial charge in [0.05, 0.1) is 0 Å². The second-order valence-electron chi connectivity index (χ2n) is 5.42. The standard InChI is InChI=1S/C12H16N2O2/c1-7-5-13-10(14-8(7)9(15)16)12(4)6-11(12,2)3/h5H,6H2,1-4H3,(H,15,16). The second kappa shape index (κ2) is 3.03. The van der Waals surface area contributed by atoms with Crippen molar-refractivity contribution in [1.29, 1.82) is 0 Å². The fourth-order valence-corrected chi connectivity index (χ4v) is 2.15. The highest BCUT2D eigenvalue weighted by Crippen LogP contribution is 2.62. The lowest BCUT2D eigenvalue weighted by Gasteiger charge is -2.14. The first-order valence-corrected chi connectivity index (χ1v) is 5.35. The molecule has 1 aliphatic carbocycles. The summed E-state index contributed by atoms with van der Waals surface area (Å²) in [6.07, 6.45) is 2.60. The number of carboxylic acid groups (broad SMARTS) is 1. The van der Waals surface area contributed by atoms with Gasteiger partial charge in [-0.2, -0.15) is 0 Å². The summed E-state index contributed by atoms with van der Waals surface area (Å²) < 4.78 is 0. The Morgan fingerprint density at radius 2 is 2.00 bits per heavy atom. The van der Waals surface area contributed by atoms with Crippen molar-refractivity contribution in [3.05, 3.63) is 23.3 Å². The first-order chi connectivity index (χ1) is 7.28. The third-order valence-corrected chi connectivity index (χ3v) is 3.83. The lowest BCUT2D eigenvalue weighted by Crippen LogP contribution is -2.17. The van der Waals surface area contributed by atoms with Gasteiger partial charge in [0.15, 0.2) is 5.69 Å². The van der Waals surface area contributed by atoms with Gasteiger partial charge in [0.1, 0.15) is 5.82 Å². The summed E-state index contributed by atoms with van der Waals surface area (Å²) in [7, 11) is 0. The van der Waals surface area contributed by atoms with Gasteiger partial charge in [0, 0.05) is 17.2 Å². The molecular weight excluding hydrogens is 204 g/mol. The fourth-order valence-electron chi connectivity index (χ4n) is 2.15. The van der Waals surface area contributed by atoms with Crippen LogP contribution in [0.4, 0.5) is 0 Å². The zero-order valence-corrected chi connectivity index (χ0v) is 10.0. The number of aromatic nitrogens is 2. The van der Waals surface area contributed by atoms with Gasteiger partial charge in [-0.25, -0.2) is 14.8 Å². The molecule has 86 valence electrons. The topological polar surface area (TPSA) is 63.1 Å². The van der Waals surface area contributed by atoms with E-state index in [4.69, 9.17) is 5.11 Å². The predicted octanol–water partition coefficient (Wildman–Crippen LogP) is 2.17. The van der Waals surface area contributed by atoms with E-state index in [1.807, 2.05) is 0 Å². The lowest BCUT2D eigenvalue weighted by atomic mass is 9.97. The average molecular weight is 220 g/mol. The first kappa shape index (κ1) is 11.0. The molecule has 1 unspecified atom stereocenters. The highest BCUT2D eigenvalue weighted by atomic mass is 16.4. The lowest BCUT2D eigenvalue weighted by molar-refractivity contribution is 0.0688. The third kappa shape index (κ3) is 1.40. The van der Waals surface area contributed by atoms with Gasteiger partial charge in [-0.1, -0.05) is 20.8 Å². The molecule has 0 bridgehead atoms. The van der Waals surface area contributed by atoms with Gasteiger partial charge in [0.2, 0.25) is 0 Å². The van der Waals surface area contributed by atoms with E-state index < -0.39 is 5.97 Å². The van der Waals surface area contributed by atoms with Crippen molar-refractivity contribution in [3.63, 3.8) is 0 Å². The molecule has 0 aromatic carbocycles. The van der Waals surface area contributed by atoms with Crippen LogP contribution in [0.3, 0.4) is 0 Å². The van der Waals surface area contributed by atoms with E-state index in [1.165, 1.54) is 0 Å². The van der Waals surface area contributed by atoms with Gasteiger partial charge in [-0.05, 0) is 18.8 Å². The summed E-state index contributed by atoms with van der Waals surface area (Å²) in [4.78, 5) is 19.5. The van der Waals surface area contributed by atoms with E-state index in [0.717, 1.165) is 6.42 Å². The SMILES string of the molecule is Cc1cnc(C2(C)CC2(C)C)nc1C(=O)O. The quantitative estimate of drug-likeness (QED) is 0.829. The minimum absolute atomic E-state index is 0.0785. The Labute approximate surface area is 94.7 Å². The summed E-state index contributed by atoms with van der Waals surface area (Å²) >= 11 is 0. The molecule has 1 heterocycles. The van der Waals surface area contributed by atoms with Crippen LogP contribution in [0.1, 0.15) is 49.1 Å². The fraction of sp³-hybridized carbons (Fsp3) is 0.583. The smallest absolute Gasteiger partial charge is 0.354 e. The van der Waals surface area contributed by atoms with Crippen LogP contribution < -0.4 is 0 Å². The molecule has 4 nitrogen and oxygen atoms in total. The number of hydrogen-bond acceptors (Lipinski definition) is 3. The van der Waals surface area contributed by atoms with Crippen molar-refractivity contribution in [2.75, 3.05) is 0 Å². The maximum Gasteiger partial charge on any atom is 0.354 e. The van der Waals surface area contributed by atoms with Gasteiger partial charge in [-0.3, -0.25) is 0 Å². The highest BCUT2D eigenvalue weighted by molar-refractivity contribution is 5.86. The summed E-state index contributed by atoms with van der Waals surface area (Å²) in [6, 6.07) is 0. The number of carbonyl (C=O) groups is 1. The second-order valence-corrected chi connectivity index (χ2v) is 5.42. The van der Waals surface area contributed by atoms with Crippen LogP contribution in [-0.2, 0) is 5.41 Å². The van der Waals surface area contributed by atoms with Gasteiger partial charge in [0.25, 0.3) is 0 Å². The van der Waals surface area contributed by atoms with Crippen LogP contribution in [-0.4, -0.2) is 21.0 Å². The number of aromatic carboxylic acids is 1. The molecule has 1 aliphatic rings. The van der Waals surface area contributed by atoms with E-state index >= 15 is 0 Å². The molecule has 1 aromatic rings. The van der Waals surface area contributed by atoms with Crippen molar-refractivity contribution < 1.29 is 9.90 Å². The number of aryl methyl sites for hydroxylation is 1. The Morgan fingerprint density at radius 1 is 1.44 bits per heavy atom. The summed E-state index contributed by atoms with van der Waals surface area (Å²) in [5, 5.41) is 9.02. The van der Waals surface area contributed by atoms with Crippen LogP contribution in [0.15, 0.2) is 6.20 Å². The number of hydrogen-bond donors (Lipinski definition) is 1. The van der Waals surface area contributed by atoms with E-state index in [2.05, 4.69) is 30.7 Å². The first-order valence-electron chi connectivity index (χ1n) is 5.35. The Balaban J connectivity index is 2.46. The normalized spacial score (nSPS) is 26.5. The molecule has 0 radical (unpaired) electrons. The van der Waals surface area contributed by atoms with E-state index in [9.17, 15) is 4.79 Å².